The molecule has 25 heavy (non-hydrogen) atoms. The fourth-order valence-electron chi connectivity index (χ4n) is 3.63. The normalized spacial score (nSPS) is 17.8. The molecule has 0 bridgehead atoms. The van der Waals surface area contributed by atoms with E-state index < -0.39 is 0 Å². The molecular weight excluding hydrogens is 312 g/mol. The molecule has 1 fully saturated rings. The summed E-state index contributed by atoms with van der Waals surface area (Å²) in [5, 5.41) is 0. The van der Waals surface area contributed by atoms with E-state index in [2.05, 4.69) is 34.2 Å². The summed E-state index contributed by atoms with van der Waals surface area (Å²) in [7, 11) is 0. The smallest absolute Gasteiger partial charge is 0.274 e. The number of fused-ring (bicyclic) bond motifs is 1. The number of hydrogen-bond donors (Lipinski definition) is 0. The Balaban J connectivity index is 1.50. The van der Waals surface area contributed by atoms with Crippen molar-refractivity contribution in [3.8, 4) is 0 Å². The quantitative estimate of drug-likeness (QED) is 0.735. The van der Waals surface area contributed by atoms with Crippen molar-refractivity contribution >= 4 is 11.7 Å². The molecule has 4 rings (SSSR count). The molecule has 0 saturated carbocycles. The summed E-state index contributed by atoms with van der Waals surface area (Å²) in [5.41, 5.74) is 1.82. The standard InChI is InChI=1S/C20H22N4O/c25-19(18-15-23-13-6-12-21-20(23)22-18)24-14-5-4-9-17(24)11-10-16-7-2-1-3-8-16/h1-3,6-8,12-13,15,17H,4-5,9-11,14H2. The third-order valence-electron chi connectivity index (χ3n) is 4.95. The van der Waals surface area contributed by atoms with Gasteiger partial charge in [-0.05, 0) is 43.7 Å². The fourth-order valence-corrected chi connectivity index (χ4v) is 3.63. The van der Waals surface area contributed by atoms with Crippen molar-refractivity contribution < 1.29 is 4.79 Å². The highest BCUT2D eigenvalue weighted by atomic mass is 16.2. The lowest BCUT2D eigenvalue weighted by Crippen LogP contribution is -2.44. The van der Waals surface area contributed by atoms with Crippen LogP contribution in [0, 0.1) is 0 Å². The lowest BCUT2D eigenvalue weighted by molar-refractivity contribution is 0.0596. The van der Waals surface area contributed by atoms with Crippen molar-refractivity contribution in [1.82, 2.24) is 19.3 Å². The highest BCUT2D eigenvalue weighted by Crippen LogP contribution is 2.23. The van der Waals surface area contributed by atoms with Gasteiger partial charge in [-0.25, -0.2) is 9.97 Å². The summed E-state index contributed by atoms with van der Waals surface area (Å²) >= 11 is 0. The van der Waals surface area contributed by atoms with Crippen molar-refractivity contribution in [3.05, 3.63) is 66.2 Å². The predicted octanol–water partition coefficient (Wildman–Crippen LogP) is 3.36. The summed E-state index contributed by atoms with van der Waals surface area (Å²) in [6.45, 7) is 0.819. The van der Waals surface area contributed by atoms with Crippen molar-refractivity contribution in [3.63, 3.8) is 0 Å². The van der Waals surface area contributed by atoms with E-state index in [1.807, 2.05) is 23.2 Å². The molecule has 128 valence electrons. The molecule has 0 N–H and O–H groups in total. The first kappa shape index (κ1) is 15.8. The number of carbonyl (C=O) groups excluding carboxylic acids is 1. The van der Waals surface area contributed by atoms with Crippen LogP contribution in [0.15, 0.2) is 55.0 Å². The number of piperidine rings is 1. The number of aryl methyl sites for hydroxylation is 1. The molecule has 1 aliphatic rings. The van der Waals surface area contributed by atoms with Crippen molar-refractivity contribution in [1.29, 1.82) is 0 Å². The molecule has 3 heterocycles. The van der Waals surface area contributed by atoms with E-state index in [0.717, 1.165) is 32.2 Å². The Morgan fingerprint density at radius 3 is 2.88 bits per heavy atom. The first-order chi connectivity index (χ1) is 12.3. The number of imidazole rings is 1. The molecule has 5 heteroatoms. The molecule has 1 saturated heterocycles. The van der Waals surface area contributed by atoms with Crippen LogP contribution in [0.1, 0.15) is 41.7 Å². The van der Waals surface area contributed by atoms with Crippen LogP contribution in [0.3, 0.4) is 0 Å². The molecule has 0 spiro atoms. The van der Waals surface area contributed by atoms with Gasteiger partial charge in [-0.15, -0.1) is 0 Å². The number of nitrogens with zero attached hydrogens (tertiary/aromatic N) is 4. The molecule has 1 aromatic carbocycles. The Kier molecular flexibility index (Phi) is 4.46. The zero-order chi connectivity index (χ0) is 17.1. The fraction of sp³-hybridized carbons (Fsp3) is 0.350. The maximum Gasteiger partial charge on any atom is 0.274 e. The minimum atomic E-state index is 0.0308. The summed E-state index contributed by atoms with van der Waals surface area (Å²) in [5.74, 6) is 0.604. The Labute approximate surface area is 147 Å². The van der Waals surface area contributed by atoms with E-state index in [9.17, 15) is 4.79 Å². The summed E-state index contributed by atoms with van der Waals surface area (Å²) < 4.78 is 1.80. The summed E-state index contributed by atoms with van der Waals surface area (Å²) in [6.07, 6.45) is 10.7. The van der Waals surface area contributed by atoms with Crippen LogP contribution in [-0.2, 0) is 6.42 Å². The van der Waals surface area contributed by atoms with Crippen molar-refractivity contribution in [2.45, 2.75) is 38.1 Å². The largest absolute Gasteiger partial charge is 0.334 e. The first-order valence-electron chi connectivity index (χ1n) is 8.96. The van der Waals surface area contributed by atoms with Crippen LogP contribution in [0.2, 0.25) is 0 Å². The second-order valence-corrected chi connectivity index (χ2v) is 6.63. The predicted molar refractivity (Wildman–Crippen MR) is 96.4 cm³/mol. The van der Waals surface area contributed by atoms with Gasteiger partial charge in [0.25, 0.3) is 5.91 Å². The summed E-state index contributed by atoms with van der Waals surface area (Å²) in [4.78, 5) is 23.6. The van der Waals surface area contributed by atoms with E-state index in [-0.39, 0.29) is 5.91 Å². The van der Waals surface area contributed by atoms with Crippen LogP contribution in [0.4, 0.5) is 0 Å². The van der Waals surface area contributed by atoms with Gasteiger partial charge >= 0.3 is 0 Å². The van der Waals surface area contributed by atoms with Gasteiger partial charge in [0.1, 0.15) is 5.69 Å². The molecule has 0 radical (unpaired) electrons. The van der Waals surface area contributed by atoms with Gasteiger partial charge in [0.05, 0.1) is 0 Å². The highest BCUT2D eigenvalue weighted by molar-refractivity contribution is 5.93. The monoisotopic (exact) mass is 334 g/mol. The van der Waals surface area contributed by atoms with Crippen LogP contribution < -0.4 is 0 Å². The molecule has 1 unspecified atom stereocenters. The highest BCUT2D eigenvalue weighted by Gasteiger charge is 2.28. The maximum atomic E-state index is 13.0. The topological polar surface area (TPSA) is 50.5 Å². The summed E-state index contributed by atoms with van der Waals surface area (Å²) in [6, 6.07) is 12.6. The number of rotatable bonds is 4. The molecule has 2 aromatic heterocycles. The van der Waals surface area contributed by atoms with Gasteiger partial charge in [0.2, 0.25) is 5.78 Å². The average molecular weight is 334 g/mol. The minimum absolute atomic E-state index is 0.0308. The van der Waals surface area contributed by atoms with Crippen molar-refractivity contribution in [2.24, 2.45) is 0 Å². The molecule has 3 aromatic rings. The molecular formula is C20H22N4O. The van der Waals surface area contributed by atoms with Crippen LogP contribution in [0.25, 0.3) is 5.78 Å². The van der Waals surface area contributed by atoms with Crippen LogP contribution in [-0.4, -0.2) is 37.8 Å². The third-order valence-corrected chi connectivity index (χ3v) is 4.95. The van der Waals surface area contributed by atoms with E-state index in [1.165, 1.54) is 12.0 Å². The van der Waals surface area contributed by atoms with Gasteiger partial charge in [0.15, 0.2) is 0 Å². The van der Waals surface area contributed by atoms with E-state index in [4.69, 9.17) is 0 Å². The molecule has 0 aliphatic carbocycles. The number of carbonyl (C=O) groups is 1. The van der Waals surface area contributed by atoms with Gasteiger partial charge in [-0.3, -0.25) is 9.20 Å². The van der Waals surface area contributed by atoms with E-state index >= 15 is 0 Å². The number of likely N-dealkylation sites (tertiary alicyclic amines) is 1. The number of benzene rings is 1. The zero-order valence-corrected chi connectivity index (χ0v) is 14.2. The SMILES string of the molecule is O=C(c1cn2cccnc2n1)N1CCCCC1CCc1ccccc1. The second kappa shape index (κ2) is 7.05. The van der Waals surface area contributed by atoms with Gasteiger partial charge < -0.3 is 4.90 Å². The molecule has 1 aliphatic heterocycles. The number of amides is 1. The number of aromatic nitrogens is 3. The van der Waals surface area contributed by atoms with E-state index in [1.54, 1.807) is 16.8 Å². The van der Waals surface area contributed by atoms with Gasteiger partial charge in [-0.1, -0.05) is 30.3 Å². The third kappa shape index (κ3) is 3.40. The Hall–Kier alpha value is -2.69. The van der Waals surface area contributed by atoms with Crippen LogP contribution >= 0.6 is 0 Å². The Morgan fingerprint density at radius 2 is 2.04 bits per heavy atom. The van der Waals surface area contributed by atoms with Crippen molar-refractivity contribution in [2.75, 3.05) is 6.54 Å². The van der Waals surface area contributed by atoms with Gasteiger partial charge in [-0.2, -0.15) is 0 Å². The lowest BCUT2D eigenvalue weighted by atomic mass is 9.95. The Morgan fingerprint density at radius 1 is 1.16 bits per heavy atom. The number of hydrogen-bond acceptors (Lipinski definition) is 3. The van der Waals surface area contributed by atoms with Crippen LogP contribution in [0.5, 0.6) is 0 Å². The van der Waals surface area contributed by atoms with E-state index in [0.29, 0.717) is 17.5 Å². The zero-order valence-electron chi connectivity index (χ0n) is 14.2. The maximum absolute atomic E-state index is 13.0. The molecule has 1 atom stereocenters. The van der Waals surface area contributed by atoms with Gasteiger partial charge in [0, 0.05) is 31.2 Å². The minimum Gasteiger partial charge on any atom is -0.334 e. The molecule has 1 amide bonds. The second-order valence-electron chi connectivity index (χ2n) is 6.63. The average Bonchev–Trinajstić information content (AvgIpc) is 3.11. The first-order valence-corrected chi connectivity index (χ1v) is 8.96. The lowest BCUT2D eigenvalue weighted by Gasteiger charge is -2.35. The Bertz CT molecular complexity index is 825. The molecule has 5 nitrogen and oxygen atoms in total.